The van der Waals surface area contributed by atoms with Gasteiger partial charge in [0, 0.05) is 23.0 Å². The van der Waals surface area contributed by atoms with Crippen LogP contribution in [0, 0.1) is 23.7 Å². The Kier molecular flexibility index (Phi) is 7.83. The van der Waals surface area contributed by atoms with Gasteiger partial charge in [-0.05, 0) is 54.5 Å². The number of nitrogens with zero attached hydrogens (tertiary/aromatic N) is 2. The lowest BCUT2D eigenvalue weighted by atomic mass is 9.49. The standard InChI is InChI=1S/C38H33ClN2O7/c1-2-8-21-9-6-14-27(33(21)44)32-25-15-16-26-31(36(47)40(34(26)45)18-17-30(42)43)28(25)20-29-35(46)41(24-13-7-12-23(39)19-24)37(48)38(29,32)22-10-4-3-5-11-22/h2-7,9-15,19,26,28-29,31-32,44H,1,8,16-18,20H2,(H,42,43)/t26-,28+,29-,31-,32+,38+/m0/s1. The Balaban J connectivity index is 1.48. The van der Waals surface area contributed by atoms with Crippen LogP contribution >= 0.6 is 11.6 Å². The summed E-state index contributed by atoms with van der Waals surface area (Å²) in [4.78, 5) is 71.2. The molecular weight excluding hydrogens is 632 g/mol. The number of benzene rings is 3. The van der Waals surface area contributed by atoms with Gasteiger partial charge in [-0.3, -0.25) is 28.9 Å². The number of carboxylic acid groups (broad SMARTS) is 1. The number of aliphatic carboxylic acids is 1. The molecule has 0 aromatic heterocycles. The van der Waals surface area contributed by atoms with E-state index in [4.69, 9.17) is 11.6 Å². The van der Waals surface area contributed by atoms with Crippen LogP contribution in [0.3, 0.4) is 0 Å². The number of halogens is 1. The maximum absolute atomic E-state index is 15.3. The fraction of sp³-hybridized carbons (Fsp3) is 0.289. The first-order valence-electron chi connectivity index (χ1n) is 16.0. The molecular formula is C38H33ClN2O7. The second kappa shape index (κ2) is 11.9. The third kappa shape index (κ3) is 4.55. The van der Waals surface area contributed by atoms with Gasteiger partial charge in [-0.25, -0.2) is 4.90 Å². The van der Waals surface area contributed by atoms with Crippen molar-refractivity contribution in [2.75, 3.05) is 11.4 Å². The third-order valence-corrected chi connectivity index (χ3v) is 10.9. The molecule has 2 heterocycles. The zero-order chi connectivity index (χ0) is 33.9. The van der Waals surface area contributed by atoms with E-state index in [1.54, 1.807) is 48.5 Å². The van der Waals surface area contributed by atoms with Gasteiger partial charge in [0.05, 0.1) is 35.3 Å². The molecule has 7 rings (SSSR count). The number of phenols is 1. The van der Waals surface area contributed by atoms with Gasteiger partial charge in [0.2, 0.25) is 23.6 Å². The quantitative estimate of drug-likeness (QED) is 0.243. The topological polar surface area (TPSA) is 132 Å². The summed E-state index contributed by atoms with van der Waals surface area (Å²) in [6.45, 7) is 3.58. The van der Waals surface area contributed by atoms with E-state index in [-0.39, 0.29) is 31.6 Å². The number of carbonyl (C=O) groups is 5. The predicted octanol–water partition coefficient (Wildman–Crippen LogP) is 5.41. The molecule has 3 aromatic carbocycles. The van der Waals surface area contributed by atoms with Gasteiger partial charge in [0.15, 0.2) is 0 Å². The molecule has 9 nitrogen and oxygen atoms in total. The first kappa shape index (κ1) is 31.6. The van der Waals surface area contributed by atoms with Gasteiger partial charge in [0.1, 0.15) is 5.75 Å². The number of carboxylic acids is 1. The average Bonchev–Trinajstić information content (AvgIpc) is 3.45. The number of phenolic OH excluding ortho intramolecular Hbond substituents is 1. The molecule has 2 N–H and O–H groups in total. The Labute approximate surface area is 282 Å². The summed E-state index contributed by atoms with van der Waals surface area (Å²) in [7, 11) is 0. The third-order valence-electron chi connectivity index (χ3n) is 10.6. The van der Waals surface area contributed by atoms with Crippen LogP contribution in [0.15, 0.2) is 97.1 Å². The molecule has 4 amide bonds. The predicted molar refractivity (Wildman–Crippen MR) is 177 cm³/mol. The summed E-state index contributed by atoms with van der Waals surface area (Å²) >= 11 is 6.35. The van der Waals surface area contributed by atoms with Gasteiger partial charge in [-0.1, -0.05) is 83.9 Å². The van der Waals surface area contributed by atoms with Gasteiger partial charge in [-0.2, -0.15) is 0 Å². The lowest BCUT2D eigenvalue weighted by Crippen LogP contribution is -2.53. The molecule has 0 unspecified atom stereocenters. The minimum Gasteiger partial charge on any atom is -0.507 e. The van der Waals surface area contributed by atoms with Crippen LogP contribution in [0.5, 0.6) is 5.75 Å². The number of anilines is 1. The first-order chi connectivity index (χ1) is 23.1. The van der Waals surface area contributed by atoms with Gasteiger partial charge in [-0.15, -0.1) is 6.58 Å². The maximum atomic E-state index is 15.3. The molecule has 10 heteroatoms. The van der Waals surface area contributed by atoms with Crippen LogP contribution < -0.4 is 4.90 Å². The van der Waals surface area contributed by atoms with Crippen molar-refractivity contribution in [3.8, 4) is 5.75 Å². The smallest absolute Gasteiger partial charge is 0.305 e. The number of carbonyl (C=O) groups excluding carboxylic acids is 4. The van der Waals surface area contributed by atoms with Crippen molar-refractivity contribution >= 4 is 46.9 Å². The number of amides is 4. The molecule has 2 saturated heterocycles. The van der Waals surface area contributed by atoms with E-state index in [2.05, 4.69) is 6.58 Å². The molecule has 1 saturated carbocycles. The minimum atomic E-state index is -1.52. The monoisotopic (exact) mass is 664 g/mol. The number of likely N-dealkylation sites (tertiary alicyclic amines) is 1. The second-order valence-electron chi connectivity index (χ2n) is 12.9. The van der Waals surface area contributed by atoms with E-state index in [0.29, 0.717) is 39.4 Å². The van der Waals surface area contributed by atoms with E-state index in [9.17, 15) is 29.4 Å². The second-order valence-corrected chi connectivity index (χ2v) is 13.3. The lowest BCUT2D eigenvalue weighted by Gasteiger charge is -2.50. The SMILES string of the molecule is C=CCc1cccc([C@H]2C3=CC[C@@H]4C(=O)N(CCC(=O)O)C(=O)[C@@H]4[C@@H]3C[C@H]3C(=O)N(c4cccc(Cl)c4)C(=O)[C@@]23c2ccccc2)c1O. The van der Waals surface area contributed by atoms with Crippen molar-refractivity contribution < 1.29 is 34.2 Å². The van der Waals surface area contributed by atoms with Crippen molar-refractivity contribution in [2.45, 2.75) is 37.0 Å². The fourth-order valence-corrected chi connectivity index (χ4v) is 8.93. The highest BCUT2D eigenvalue weighted by Crippen LogP contribution is 2.65. The van der Waals surface area contributed by atoms with Crippen LogP contribution in [0.1, 0.15) is 41.9 Å². The fourth-order valence-electron chi connectivity index (χ4n) is 8.75. The molecule has 0 bridgehead atoms. The van der Waals surface area contributed by atoms with E-state index >= 15 is 4.79 Å². The molecule has 3 fully saturated rings. The number of allylic oxidation sites excluding steroid dienone is 3. The molecule has 244 valence electrons. The molecule has 4 aliphatic rings. The molecule has 2 aliphatic heterocycles. The van der Waals surface area contributed by atoms with E-state index in [0.717, 1.165) is 4.90 Å². The van der Waals surface area contributed by atoms with E-state index < -0.39 is 64.6 Å². The summed E-state index contributed by atoms with van der Waals surface area (Å²) in [6.07, 6.45) is 3.85. The summed E-state index contributed by atoms with van der Waals surface area (Å²) < 4.78 is 0. The van der Waals surface area contributed by atoms with Crippen LogP contribution in [0.25, 0.3) is 0 Å². The van der Waals surface area contributed by atoms with Crippen molar-refractivity contribution in [3.63, 3.8) is 0 Å². The minimum absolute atomic E-state index is 0.0292. The van der Waals surface area contributed by atoms with Crippen molar-refractivity contribution in [1.82, 2.24) is 4.90 Å². The average molecular weight is 665 g/mol. The van der Waals surface area contributed by atoms with Crippen molar-refractivity contribution in [2.24, 2.45) is 23.7 Å². The number of aromatic hydroxyl groups is 1. The Morgan fingerprint density at radius 1 is 0.958 bits per heavy atom. The summed E-state index contributed by atoms with van der Waals surface area (Å²) in [5.74, 6) is -7.03. The zero-order valence-corrected chi connectivity index (χ0v) is 26.7. The van der Waals surface area contributed by atoms with Crippen LogP contribution in [-0.4, -0.2) is 51.3 Å². The van der Waals surface area contributed by atoms with Crippen LogP contribution in [0.2, 0.25) is 5.02 Å². The highest BCUT2D eigenvalue weighted by Gasteiger charge is 2.70. The molecule has 48 heavy (non-hydrogen) atoms. The number of fused-ring (bicyclic) bond motifs is 4. The Morgan fingerprint density at radius 3 is 2.42 bits per heavy atom. The highest BCUT2D eigenvalue weighted by atomic mass is 35.5. The number of rotatable bonds is 8. The van der Waals surface area contributed by atoms with Crippen molar-refractivity contribution in [3.05, 3.63) is 119 Å². The largest absolute Gasteiger partial charge is 0.507 e. The van der Waals surface area contributed by atoms with E-state index in [1.807, 2.05) is 36.4 Å². The molecule has 0 spiro atoms. The zero-order valence-electron chi connectivity index (χ0n) is 25.9. The van der Waals surface area contributed by atoms with Gasteiger partial charge in [0.25, 0.3) is 0 Å². The molecule has 3 aromatic rings. The van der Waals surface area contributed by atoms with Crippen molar-refractivity contribution in [1.29, 1.82) is 0 Å². The summed E-state index contributed by atoms with van der Waals surface area (Å²) in [6, 6.07) is 20.9. The number of para-hydroxylation sites is 1. The number of hydrogen-bond acceptors (Lipinski definition) is 6. The lowest BCUT2D eigenvalue weighted by molar-refractivity contribution is -0.142. The summed E-state index contributed by atoms with van der Waals surface area (Å²) in [5, 5.41) is 21.5. The number of hydrogen-bond donors (Lipinski definition) is 2. The Hall–Kier alpha value is -5.02. The van der Waals surface area contributed by atoms with Gasteiger partial charge >= 0.3 is 5.97 Å². The van der Waals surface area contributed by atoms with E-state index in [1.165, 1.54) is 4.90 Å². The Bertz CT molecular complexity index is 1920. The van der Waals surface area contributed by atoms with Crippen LogP contribution in [0.4, 0.5) is 5.69 Å². The molecule has 0 radical (unpaired) electrons. The Morgan fingerprint density at radius 2 is 1.71 bits per heavy atom. The first-order valence-corrected chi connectivity index (χ1v) is 16.4. The molecule has 2 aliphatic carbocycles. The van der Waals surface area contributed by atoms with Gasteiger partial charge < -0.3 is 10.2 Å². The highest BCUT2D eigenvalue weighted by molar-refractivity contribution is 6.32. The normalized spacial score (nSPS) is 27.8. The number of imide groups is 2. The molecule has 6 atom stereocenters. The van der Waals surface area contributed by atoms with Crippen LogP contribution in [-0.2, 0) is 35.8 Å². The summed E-state index contributed by atoms with van der Waals surface area (Å²) in [5.41, 5.74) is 1.12. The maximum Gasteiger partial charge on any atom is 0.305 e.